The van der Waals surface area contributed by atoms with Crippen molar-refractivity contribution in [3.63, 3.8) is 0 Å². The Balaban J connectivity index is 3.12. The monoisotopic (exact) mass is 269 g/mol. The Morgan fingerprint density at radius 1 is 1.42 bits per heavy atom. The fourth-order valence-electron chi connectivity index (χ4n) is 1.65. The summed E-state index contributed by atoms with van der Waals surface area (Å²) < 4.78 is 1.22. The van der Waals surface area contributed by atoms with Crippen LogP contribution in [0.4, 0.5) is 11.5 Å². The van der Waals surface area contributed by atoms with E-state index in [0.717, 1.165) is 0 Å². The smallest absolute Gasteiger partial charge is 0.330 e. The molecule has 0 radical (unpaired) electrons. The molecule has 0 aliphatic rings. The highest BCUT2D eigenvalue weighted by molar-refractivity contribution is 5.84. The first kappa shape index (κ1) is 14.8. The number of nitrogens with one attached hydrogen (secondary N) is 3. The summed E-state index contributed by atoms with van der Waals surface area (Å²) in [6, 6.07) is -0.633. The molecule has 0 saturated heterocycles. The standard InChI is InChI=1S/C11H19N5O3/c1-4-13-9(17)6(3)14-7-8(12)16(5-2)11(19)15-10(7)18/h6,14H,4-5,12H2,1-3H3,(H,13,17)(H,15,18,19). The second kappa shape index (κ2) is 6.07. The number of amides is 1. The zero-order valence-corrected chi connectivity index (χ0v) is 11.2. The molecular weight excluding hydrogens is 250 g/mol. The van der Waals surface area contributed by atoms with Gasteiger partial charge in [0.15, 0.2) is 0 Å². The summed E-state index contributed by atoms with van der Waals surface area (Å²) in [6.45, 7) is 5.94. The molecule has 8 heteroatoms. The summed E-state index contributed by atoms with van der Waals surface area (Å²) >= 11 is 0. The quantitative estimate of drug-likeness (QED) is 0.550. The second-order valence-corrected chi connectivity index (χ2v) is 4.02. The van der Waals surface area contributed by atoms with E-state index in [1.165, 1.54) is 4.57 Å². The molecule has 0 aliphatic heterocycles. The predicted molar refractivity (Wildman–Crippen MR) is 73.2 cm³/mol. The molecule has 1 aromatic rings. The molecule has 1 heterocycles. The van der Waals surface area contributed by atoms with Gasteiger partial charge in [0, 0.05) is 13.1 Å². The molecular formula is C11H19N5O3. The molecule has 1 aromatic heterocycles. The second-order valence-electron chi connectivity index (χ2n) is 4.02. The first-order valence-corrected chi connectivity index (χ1v) is 6.09. The molecule has 0 aliphatic carbocycles. The first-order chi connectivity index (χ1) is 8.92. The van der Waals surface area contributed by atoms with Crippen molar-refractivity contribution in [2.24, 2.45) is 0 Å². The van der Waals surface area contributed by atoms with Crippen LogP contribution < -0.4 is 27.6 Å². The molecule has 1 rings (SSSR count). The van der Waals surface area contributed by atoms with E-state index in [4.69, 9.17) is 5.73 Å². The fraction of sp³-hybridized carbons (Fsp3) is 0.545. The Morgan fingerprint density at radius 2 is 2.05 bits per heavy atom. The molecule has 0 fully saturated rings. The number of hydrogen-bond acceptors (Lipinski definition) is 5. The van der Waals surface area contributed by atoms with Crippen LogP contribution in [0.1, 0.15) is 20.8 Å². The van der Waals surface area contributed by atoms with E-state index in [2.05, 4.69) is 15.6 Å². The summed E-state index contributed by atoms with van der Waals surface area (Å²) in [5, 5.41) is 5.35. The largest absolute Gasteiger partial charge is 0.383 e. The van der Waals surface area contributed by atoms with Crippen LogP contribution in [0.2, 0.25) is 0 Å². The number of nitrogens with zero attached hydrogens (tertiary/aromatic N) is 1. The van der Waals surface area contributed by atoms with Crippen molar-refractivity contribution in [2.45, 2.75) is 33.4 Å². The van der Waals surface area contributed by atoms with Gasteiger partial charge in [-0.15, -0.1) is 0 Å². The lowest BCUT2D eigenvalue weighted by Crippen LogP contribution is -2.41. The minimum atomic E-state index is -0.636. The number of anilines is 2. The number of carbonyl (C=O) groups is 1. The van der Waals surface area contributed by atoms with Crippen LogP contribution in [-0.4, -0.2) is 28.0 Å². The Morgan fingerprint density at radius 3 is 2.58 bits per heavy atom. The third-order valence-electron chi connectivity index (χ3n) is 2.66. The maximum absolute atomic E-state index is 11.7. The molecule has 19 heavy (non-hydrogen) atoms. The lowest BCUT2D eigenvalue weighted by Gasteiger charge is -2.17. The predicted octanol–water partition coefficient (Wildman–Crippen LogP) is -0.925. The number of carbonyl (C=O) groups excluding carboxylic acids is 1. The van der Waals surface area contributed by atoms with Gasteiger partial charge < -0.3 is 16.4 Å². The average Bonchev–Trinajstić information content (AvgIpc) is 2.34. The minimum absolute atomic E-state index is 0.0207. The van der Waals surface area contributed by atoms with Gasteiger partial charge in [-0.25, -0.2) is 4.79 Å². The zero-order chi connectivity index (χ0) is 14.6. The molecule has 106 valence electrons. The molecule has 8 nitrogen and oxygen atoms in total. The number of nitrogens with two attached hydrogens (primary N) is 1. The topological polar surface area (TPSA) is 122 Å². The van der Waals surface area contributed by atoms with Gasteiger partial charge in [0.05, 0.1) is 0 Å². The van der Waals surface area contributed by atoms with E-state index in [0.29, 0.717) is 13.1 Å². The van der Waals surface area contributed by atoms with Crippen molar-refractivity contribution in [3.8, 4) is 0 Å². The van der Waals surface area contributed by atoms with Crippen molar-refractivity contribution in [2.75, 3.05) is 17.6 Å². The van der Waals surface area contributed by atoms with E-state index >= 15 is 0 Å². The highest BCUT2D eigenvalue weighted by Crippen LogP contribution is 2.11. The Hall–Kier alpha value is -2.25. The van der Waals surface area contributed by atoms with Crippen molar-refractivity contribution in [1.29, 1.82) is 0 Å². The summed E-state index contributed by atoms with van der Waals surface area (Å²) in [5.74, 6) is -0.233. The number of aromatic amines is 1. The molecule has 0 saturated carbocycles. The number of aromatic nitrogens is 2. The Bertz CT molecular complexity index is 575. The van der Waals surface area contributed by atoms with Crippen molar-refractivity contribution in [1.82, 2.24) is 14.9 Å². The van der Waals surface area contributed by atoms with Crippen LogP contribution >= 0.6 is 0 Å². The van der Waals surface area contributed by atoms with Gasteiger partial charge in [-0.05, 0) is 20.8 Å². The first-order valence-electron chi connectivity index (χ1n) is 6.09. The van der Waals surface area contributed by atoms with Gasteiger partial charge in [0.2, 0.25) is 5.91 Å². The molecule has 0 aromatic carbocycles. The van der Waals surface area contributed by atoms with Gasteiger partial charge in [-0.1, -0.05) is 0 Å². The van der Waals surface area contributed by atoms with Crippen LogP contribution in [0, 0.1) is 0 Å². The lowest BCUT2D eigenvalue weighted by molar-refractivity contribution is -0.121. The van der Waals surface area contributed by atoms with Gasteiger partial charge >= 0.3 is 5.69 Å². The molecule has 1 atom stereocenters. The summed E-state index contributed by atoms with van der Waals surface area (Å²) in [7, 11) is 0. The number of likely N-dealkylation sites (N-methyl/N-ethyl adjacent to an activating group) is 1. The van der Waals surface area contributed by atoms with Gasteiger partial charge in [0.25, 0.3) is 5.56 Å². The van der Waals surface area contributed by atoms with Crippen LogP contribution in [0.5, 0.6) is 0 Å². The van der Waals surface area contributed by atoms with Crippen LogP contribution in [0.25, 0.3) is 0 Å². The van der Waals surface area contributed by atoms with Crippen molar-refractivity contribution < 1.29 is 4.79 Å². The molecule has 1 unspecified atom stereocenters. The van der Waals surface area contributed by atoms with Crippen LogP contribution in [0.15, 0.2) is 9.59 Å². The maximum atomic E-state index is 11.7. The highest BCUT2D eigenvalue weighted by Gasteiger charge is 2.17. The SMILES string of the molecule is CCNC(=O)C(C)Nc1c(N)n(CC)c(=O)[nH]c1=O. The highest BCUT2D eigenvalue weighted by atomic mass is 16.2. The van der Waals surface area contributed by atoms with E-state index in [-0.39, 0.29) is 17.4 Å². The minimum Gasteiger partial charge on any atom is -0.383 e. The molecule has 0 spiro atoms. The summed E-state index contributed by atoms with van der Waals surface area (Å²) in [5.41, 5.74) is 4.59. The normalized spacial score (nSPS) is 11.9. The third-order valence-corrected chi connectivity index (χ3v) is 2.66. The van der Waals surface area contributed by atoms with Crippen LogP contribution in [0.3, 0.4) is 0 Å². The summed E-state index contributed by atoms with van der Waals surface area (Å²) in [4.78, 5) is 36.9. The van der Waals surface area contributed by atoms with Crippen LogP contribution in [-0.2, 0) is 11.3 Å². The van der Waals surface area contributed by atoms with Gasteiger partial charge in [-0.3, -0.25) is 19.1 Å². The van der Waals surface area contributed by atoms with Gasteiger partial charge in [-0.2, -0.15) is 0 Å². The van der Waals surface area contributed by atoms with Crippen molar-refractivity contribution in [3.05, 3.63) is 20.8 Å². The van der Waals surface area contributed by atoms with E-state index < -0.39 is 17.3 Å². The van der Waals surface area contributed by atoms with E-state index in [9.17, 15) is 14.4 Å². The number of hydrogen-bond donors (Lipinski definition) is 4. The summed E-state index contributed by atoms with van der Waals surface area (Å²) in [6.07, 6.45) is 0. The number of rotatable bonds is 5. The Kier molecular flexibility index (Phi) is 4.74. The van der Waals surface area contributed by atoms with Gasteiger partial charge in [0.1, 0.15) is 17.5 Å². The lowest BCUT2D eigenvalue weighted by atomic mass is 10.3. The third kappa shape index (κ3) is 3.15. The number of nitrogen functional groups attached to an aromatic ring is 1. The number of H-pyrrole nitrogens is 1. The zero-order valence-electron chi connectivity index (χ0n) is 11.2. The molecule has 5 N–H and O–H groups in total. The van der Waals surface area contributed by atoms with Crippen molar-refractivity contribution >= 4 is 17.4 Å². The molecule has 1 amide bonds. The average molecular weight is 269 g/mol. The fourth-order valence-corrected chi connectivity index (χ4v) is 1.65. The van der Waals surface area contributed by atoms with E-state index in [1.807, 2.05) is 0 Å². The Labute approximate surface area is 110 Å². The maximum Gasteiger partial charge on any atom is 0.330 e. The van der Waals surface area contributed by atoms with E-state index in [1.54, 1.807) is 20.8 Å². The molecule has 0 bridgehead atoms.